The maximum absolute atomic E-state index is 5.40. The zero-order valence-corrected chi connectivity index (χ0v) is 10.7. The van der Waals surface area contributed by atoms with Crippen LogP contribution in [0.2, 0.25) is 0 Å². The predicted octanol–water partition coefficient (Wildman–Crippen LogP) is 2.98. The molecule has 0 aromatic heterocycles. The van der Waals surface area contributed by atoms with Crippen molar-refractivity contribution < 1.29 is 4.74 Å². The summed E-state index contributed by atoms with van der Waals surface area (Å²) in [5, 5.41) is 3.45. The Morgan fingerprint density at radius 3 is 2.53 bits per heavy atom. The Morgan fingerprint density at radius 1 is 1.29 bits per heavy atom. The number of benzene rings is 1. The molecule has 0 aliphatic heterocycles. The maximum Gasteiger partial charge on any atom is 0.119 e. The Hall–Kier alpha value is -1.46. The molecule has 0 saturated heterocycles. The lowest BCUT2D eigenvalue weighted by atomic mass is 10.1. The highest BCUT2D eigenvalue weighted by Gasteiger charge is 2.03. The molecule has 0 fully saturated rings. The van der Waals surface area contributed by atoms with Crippen molar-refractivity contribution in [3.05, 3.63) is 29.8 Å². The topological polar surface area (TPSA) is 21.3 Å². The second kappa shape index (κ2) is 7.76. The Labute approximate surface area is 104 Å². The fraction of sp³-hybridized carbons (Fsp3) is 0.467. The average molecular weight is 231 g/mol. The Balaban J connectivity index is 2.43. The van der Waals surface area contributed by atoms with Crippen LogP contribution in [0.1, 0.15) is 32.3 Å². The van der Waals surface area contributed by atoms with Gasteiger partial charge in [0.25, 0.3) is 0 Å². The molecule has 1 N–H and O–H groups in total. The number of hydrogen-bond acceptors (Lipinski definition) is 2. The van der Waals surface area contributed by atoms with Crippen LogP contribution >= 0.6 is 0 Å². The quantitative estimate of drug-likeness (QED) is 0.728. The van der Waals surface area contributed by atoms with E-state index in [4.69, 9.17) is 11.2 Å². The van der Waals surface area contributed by atoms with E-state index < -0.39 is 0 Å². The monoisotopic (exact) mass is 231 g/mol. The molecule has 17 heavy (non-hydrogen) atoms. The van der Waals surface area contributed by atoms with Crippen molar-refractivity contribution in [1.82, 2.24) is 5.32 Å². The Morgan fingerprint density at radius 2 is 2.00 bits per heavy atom. The van der Waals surface area contributed by atoms with Gasteiger partial charge in [0.1, 0.15) is 5.75 Å². The highest BCUT2D eigenvalue weighted by Crippen LogP contribution is 2.12. The van der Waals surface area contributed by atoms with Gasteiger partial charge in [-0.3, -0.25) is 0 Å². The summed E-state index contributed by atoms with van der Waals surface area (Å²) >= 11 is 0. The average Bonchev–Trinajstić information content (AvgIpc) is 2.36. The van der Waals surface area contributed by atoms with Gasteiger partial charge in [-0.2, -0.15) is 0 Å². The van der Waals surface area contributed by atoms with E-state index in [9.17, 15) is 0 Å². The van der Waals surface area contributed by atoms with Crippen LogP contribution in [-0.2, 0) is 6.54 Å². The molecule has 0 amide bonds. The number of terminal acetylenes is 1. The molecular weight excluding hydrogens is 210 g/mol. The summed E-state index contributed by atoms with van der Waals surface area (Å²) in [5.41, 5.74) is 1.25. The van der Waals surface area contributed by atoms with Gasteiger partial charge in [-0.05, 0) is 31.0 Å². The minimum Gasteiger partial charge on any atom is -0.494 e. The van der Waals surface area contributed by atoms with Crippen molar-refractivity contribution in [3.8, 4) is 18.1 Å². The van der Waals surface area contributed by atoms with E-state index in [2.05, 4.69) is 30.3 Å². The SMILES string of the molecule is C#CCC(CC)NCc1ccc(OCC)cc1. The van der Waals surface area contributed by atoms with Crippen LogP contribution in [0.3, 0.4) is 0 Å². The summed E-state index contributed by atoms with van der Waals surface area (Å²) in [7, 11) is 0. The summed E-state index contributed by atoms with van der Waals surface area (Å²) in [6, 6.07) is 8.58. The summed E-state index contributed by atoms with van der Waals surface area (Å²) in [6.07, 6.45) is 7.16. The van der Waals surface area contributed by atoms with Gasteiger partial charge in [-0.1, -0.05) is 19.1 Å². The first-order valence-electron chi connectivity index (χ1n) is 6.18. The number of rotatable bonds is 7. The molecule has 1 aromatic carbocycles. The minimum atomic E-state index is 0.409. The van der Waals surface area contributed by atoms with Crippen molar-refractivity contribution >= 4 is 0 Å². The van der Waals surface area contributed by atoms with Crippen LogP contribution in [0, 0.1) is 12.3 Å². The zero-order chi connectivity index (χ0) is 12.5. The van der Waals surface area contributed by atoms with E-state index >= 15 is 0 Å². The largest absolute Gasteiger partial charge is 0.494 e. The van der Waals surface area contributed by atoms with Crippen molar-refractivity contribution in [2.75, 3.05) is 6.61 Å². The maximum atomic E-state index is 5.40. The Bertz CT molecular complexity index is 350. The van der Waals surface area contributed by atoms with E-state index in [0.29, 0.717) is 12.6 Å². The fourth-order valence-electron chi connectivity index (χ4n) is 1.64. The molecule has 92 valence electrons. The standard InChI is InChI=1S/C15H21NO/c1-4-7-14(5-2)16-12-13-8-10-15(11-9-13)17-6-3/h1,8-11,14,16H,5-7,12H2,2-3H3. The van der Waals surface area contributed by atoms with Gasteiger partial charge in [-0.15, -0.1) is 12.3 Å². The predicted molar refractivity (Wildman–Crippen MR) is 72.0 cm³/mol. The first kappa shape index (κ1) is 13.6. The van der Waals surface area contributed by atoms with Gasteiger partial charge in [-0.25, -0.2) is 0 Å². The highest BCUT2D eigenvalue weighted by molar-refractivity contribution is 5.27. The second-order valence-corrected chi connectivity index (χ2v) is 3.97. The third-order valence-corrected chi connectivity index (χ3v) is 2.69. The zero-order valence-electron chi connectivity index (χ0n) is 10.7. The van der Waals surface area contributed by atoms with E-state index in [1.807, 2.05) is 19.1 Å². The smallest absolute Gasteiger partial charge is 0.119 e. The van der Waals surface area contributed by atoms with Crippen molar-refractivity contribution in [1.29, 1.82) is 0 Å². The van der Waals surface area contributed by atoms with Crippen LogP contribution in [0.5, 0.6) is 5.75 Å². The summed E-state index contributed by atoms with van der Waals surface area (Å²) in [4.78, 5) is 0. The molecule has 2 nitrogen and oxygen atoms in total. The Kier molecular flexibility index (Phi) is 6.21. The molecule has 1 rings (SSSR count). The minimum absolute atomic E-state index is 0.409. The van der Waals surface area contributed by atoms with Crippen LogP contribution in [-0.4, -0.2) is 12.6 Å². The molecule has 0 radical (unpaired) electrons. The summed E-state index contributed by atoms with van der Waals surface area (Å²) in [6.45, 7) is 5.69. The van der Waals surface area contributed by atoms with Gasteiger partial charge >= 0.3 is 0 Å². The molecule has 0 bridgehead atoms. The van der Waals surface area contributed by atoms with Gasteiger partial charge in [0.15, 0.2) is 0 Å². The first-order valence-corrected chi connectivity index (χ1v) is 6.18. The number of nitrogens with one attached hydrogen (secondary N) is 1. The summed E-state index contributed by atoms with van der Waals surface area (Å²) in [5.74, 6) is 3.62. The molecule has 0 saturated carbocycles. The highest BCUT2D eigenvalue weighted by atomic mass is 16.5. The van der Waals surface area contributed by atoms with E-state index in [-0.39, 0.29) is 0 Å². The van der Waals surface area contributed by atoms with Crippen LogP contribution in [0.15, 0.2) is 24.3 Å². The van der Waals surface area contributed by atoms with Crippen molar-refractivity contribution in [2.24, 2.45) is 0 Å². The lowest BCUT2D eigenvalue weighted by molar-refractivity contribution is 0.340. The van der Waals surface area contributed by atoms with E-state index in [1.54, 1.807) is 0 Å². The summed E-state index contributed by atoms with van der Waals surface area (Å²) < 4.78 is 5.40. The number of ether oxygens (including phenoxy) is 1. The van der Waals surface area contributed by atoms with Crippen LogP contribution < -0.4 is 10.1 Å². The fourth-order valence-corrected chi connectivity index (χ4v) is 1.64. The molecule has 0 aliphatic carbocycles. The van der Waals surface area contributed by atoms with Crippen LogP contribution in [0.4, 0.5) is 0 Å². The molecule has 1 unspecified atom stereocenters. The third-order valence-electron chi connectivity index (χ3n) is 2.69. The second-order valence-electron chi connectivity index (χ2n) is 3.97. The third kappa shape index (κ3) is 4.93. The van der Waals surface area contributed by atoms with Gasteiger partial charge < -0.3 is 10.1 Å². The van der Waals surface area contributed by atoms with Crippen molar-refractivity contribution in [2.45, 2.75) is 39.3 Å². The van der Waals surface area contributed by atoms with Gasteiger partial charge in [0.05, 0.1) is 6.61 Å². The van der Waals surface area contributed by atoms with Gasteiger partial charge in [0, 0.05) is 19.0 Å². The van der Waals surface area contributed by atoms with E-state index in [1.165, 1.54) is 5.56 Å². The molecule has 1 aromatic rings. The lowest BCUT2D eigenvalue weighted by Gasteiger charge is -2.14. The number of hydrogen-bond donors (Lipinski definition) is 1. The van der Waals surface area contributed by atoms with Crippen LogP contribution in [0.25, 0.3) is 0 Å². The molecule has 0 heterocycles. The molecular formula is C15H21NO. The molecule has 2 heteroatoms. The normalized spacial score (nSPS) is 11.8. The van der Waals surface area contributed by atoms with E-state index in [0.717, 1.165) is 25.1 Å². The van der Waals surface area contributed by atoms with Gasteiger partial charge in [0.2, 0.25) is 0 Å². The molecule has 0 aliphatic rings. The molecule has 0 spiro atoms. The van der Waals surface area contributed by atoms with Crippen molar-refractivity contribution in [3.63, 3.8) is 0 Å². The molecule has 1 atom stereocenters. The lowest BCUT2D eigenvalue weighted by Crippen LogP contribution is -2.27. The first-order chi connectivity index (χ1) is 8.30.